The van der Waals surface area contributed by atoms with E-state index in [2.05, 4.69) is 25.7 Å². The Morgan fingerprint density at radius 3 is 2.67 bits per heavy atom. The Balaban J connectivity index is 2.39. The van der Waals surface area contributed by atoms with Gasteiger partial charge in [0, 0.05) is 25.2 Å². The van der Waals surface area contributed by atoms with Crippen LogP contribution in [-0.4, -0.2) is 42.8 Å². The first-order chi connectivity index (χ1) is 7.19. The van der Waals surface area contributed by atoms with Crippen LogP contribution >= 0.6 is 0 Å². The Labute approximate surface area is 94.0 Å². The summed E-state index contributed by atoms with van der Waals surface area (Å²) in [7, 11) is 0. The number of ether oxygens (including phenoxy) is 1. The maximum atomic E-state index is 6.08. The van der Waals surface area contributed by atoms with Crippen molar-refractivity contribution in [2.75, 3.05) is 19.7 Å². The van der Waals surface area contributed by atoms with E-state index in [1.54, 1.807) is 0 Å². The summed E-state index contributed by atoms with van der Waals surface area (Å²) in [6.07, 6.45) is 3.92. The van der Waals surface area contributed by atoms with Crippen LogP contribution in [0.5, 0.6) is 0 Å². The summed E-state index contributed by atoms with van der Waals surface area (Å²) in [5.41, 5.74) is 6.08. The van der Waals surface area contributed by atoms with Gasteiger partial charge in [-0.3, -0.25) is 4.90 Å². The zero-order chi connectivity index (χ0) is 11.3. The maximum Gasteiger partial charge on any atom is 0.0702 e. The Kier molecular flexibility index (Phi) is 5.58. The molecule has 1 aliphatic heterocycles. The van der Waals surface area contributed by atoms with E-state index in [0.717, 1.165) is 26.1 Å². The molecular weight excluding hydrogens is 188 g/mol. The minimum Gasteiger partial charge on any atom is -0.377 e. The molecule has 0 aromatic heterocycles. The number of nitrogens with two attached hydrogens (primary N) is 1. The first kappa shape index (κ1) is 12.9. The number of nitrogens with zero attached hydrogens (tertiary/aromatic N) is 1. The number of likely N-dealkylation sites (N-methyl/N-ethyl adjacent to an activating group) is 1. The van der Waals surface area contributed by atoms with Gasteiger partial charge in [-0.05, 0) is 32.7 Å². The van der Waals surface area contributed by atoms with Gasteiger partial charge in [0.15, 0.2) is 0 Å². The summed E-state index contributed by atoms with van der Waals surface area (Å²) >= 11 is 0. The average Bonchev–Trinajstić information content (AvgIpc) is 2.76. The van der Waals surface area contributed by atoms with Gasteiger partial charge in [0.2, 0.25) is 0 Å². The molecule has 3 atom stereocenters. The molecule has 3 heteroatoms. The van der Waals surface area contributed by atoms with E-state index in [-0.39, 0.29) is 6.04 Å². The molecule has 1 aliphatic rings. The summed E-state index contributed by atoms with van der Waals surface area (Å²) in [6, 6.07) is 0.746. The molecule has 0 amide bonds. The molecule has 0 aliphatic carbocycles. The topological polar surface area (TPSA) is 38.5 Å². The fourth-order valence-corrected chi connectivity index (χ4v) is 2.25. The van der Waals surface area contributed by atoms with E-state index in [4.69, 9.17) is 10.5 Å². The Morgan fingerprint density at radius 2 is 2.20 bits per heavy atom. The third-order valence-corrected chi connectivity index (χ3v) is 3.54. The molecule has 1 heterocycles. The van der Waals surface area contributed by atoms with Crippen molar-refractivity contribution in [1.82, 2.24) is 4.90 Å². The normalized spacial score (nSPS) is 25.8. The molecular formula is C12H26N2O. The van der Waals surface area contributed by atoms with E-state index in [1.165, 1.54) is 12.8 Å². The van der Waals surface area contributed by atoms with Crippen LogP contribution in [-0.2, 0) is 4.74 Å². The van der Waals surface area contributed by atoms with Crippen molar-refractivity contribution in [3.05, 3.63) is 0 Å². The second-order valence-electron chi connectivity index (χ2n) is 4.54. The lowest BCUT2D eigenvalue weighted by atomic mass is 10.1. The predicted molar refractivity (Wildman–Crippen MR) is 63.9 cm³/mol. The molecule has 3 unspecified atom stereocenters. The van der Waals surface area contributed by atoms with Gasteiger partial charge >= 0.3 is 0 Å². The molecule has 90 valence electrons. The largest absolute Gasteiger partial charge is 0.377 e. The van der Waals surface area contributed by atoms with Crippen LogP contribution in [0, 0.1) is 0 Å². The molecule has 2 N–H and O–H groups in total. The van der Waals surface area contributed by atoms with Crippen molar-refractivity contribution in [2.45, 2.75) is 58.2 Å². The van der Waals surface area contributed by atoms with Gasteiger partial charge in [0.25, 0.3) is 0 Å². The molecule has 1 saturated heterocycles. The number of hydrogen-bond donors (Lipinski definition) is 1. The summed E-state index contributed by atoms with van der Waals surface area (Å²) in [5, 5.41) is 0. The van der Waals surface area contributed by atoms with Crippen LogP contribution < -0.4 is 5.73 Å². The molecule has 0 saturated carbocycles. The van der Waals surface area contributed by atoms with Gasteiger partial charge in [-0.2, -0.15) is 0 Å². The van der Waals surface area contributed by atoms with Crippen LogP contribution in [0.3, 0.4) is 0 Å². The van der Waals surface area contributed by atoms with Crippen LogP contribution in [0.2, 0.25) is 0 Å². The Bertz CT molecular complexity index is 169. The summed E-state index contributed by atoms with van der Waals surface area (Å²) in [6.45, 7) is 9.64. The lowest BCUT2D eigenvalue weighted by molar-refractivity contribution is 0.0571. The number of rotatable bonds is 6. The quantitative estimate of drug-likeness (QED) is 0.730. The van der Waals surface area contributed by atoms with Crippen molar-refractivity contribution in [3.8, 4) is 0 Å². The fourth-order valence-electron chi connectivity index (χ4n) is 2.25. The van der Waals surface area contributed by atoms with E-state index in [9.17, 15) is 0 Å². The van der Waals surface area contributed by atoms with Crippen LogP contribution in [0.15, 0.2) is 0 Å². The molecule has 0 bridgehead atoms. The molecule has 15 heavy (non-hydrogen) atoms. The minimum atomic E-state index is 0.284. The lowest BCUT2D eigenvalue weighted by Gasteiger charge is -2.33. The zero-order valence-corrected chi connectivity index (χ0v) is 10.4. The van der Waals surface area contributed by atoms with Crippen molar-refractivity contribution < 1.29 is 4.74 Å². The Morgan fingerprint density at radius 1 is 1.47 bits per heavy atom. The zero-order valence-electron chi connectivity index (χ0n) is 10.4. The molecule has 3 nitrogen and oxygen atoms in total. The highest BCUT2D eigenvalue weighted by Crippen LogP contribution is 2.15. The molecule has 0 radical (unpaired) electrons. The second kappa shape index (κ2) is 6.46. The molecule has 0 spiro atoms. The summed E-state index contributed by atoms with van der Waals surface area (Å²) < 4.78 is 5.67. The maximum absolute atomic E-state index is 6.08. The van der Waals surface area contributed by atoms with Gasteiger partial charge in [-0.1, -0.05) is 13.8 Å². The van der Waals surface area contributed by atoms with Gasteiger partial charge in [-0.25, -0.2) is 0 Å². The molecule has 1 rings (SSSR count). The van der Waals surface area contributed by atoms with Crippen molar-refractivity contribution in [2.24, 2.45) is 5.73 Å². The van der Waals surface area contributed by atoms with Gasteiger partial charge in [0.1, 0.15) is 0 Å². The standard InChI is InChI=1S/C12H26N2O/c1-4-12(13)10(3)14(5-2)9-11-7-6-8-15-11/h10-12H,4-9,13H2,1-3H3. The van der Waals surface area contributed by atoms with Gasteiger partial charge in [0.05, 0.1) is 6.10 Å². The minimum absolute atomic E-state index is 0.284. The van der Waals surface area contributed by atoms with E-state index in [1.807, 2.05) is 0 Å². The van der Waals surface area contributed by atoms with E-state index < -0.39 is 0 Å². The molecule has 1 fully saturated rings. The van der Waals surface area contributed by atoms with E-state index >= 15 is 0 Å². The third kappa shape index (κ3) is 3.74. The van der Waals surface area contributed by atoms with Gasteiger partial charge in [-0.15, -0.1) is 0 Å². The highest BCUT2D eigenvalue weighted by molar-refractivity contribution is 4.80. The van der Waals surface area contributed by atoms with E-state index in [0.29, 0.717) is 12.1 Å². The summed E-state index contributed by atoms with van der Waals surface area (Å²) in [4.78, 5) is 2.45. The molecule has 0 aromatic rings. The fraction of sp³-hybridized carbons (Fsp3) is 1.00. The highest BCUT2D eigenvalue weighted by atomic mass is 16.5. The monoisotopic (exact) mass is 214 g/mol. The summed E-state index contributed by atoms with van der Waals surface area (Å²) in [5.74, 6) is 0. The van der Waals surface area contributed by atoms with Crippen molar-refractivity contribution >= 4 is 0 Å². The molecule has 0 aromatic carbocycles. The van der Waals surface area contributed by atoms with Gasteiger partial charge < -0.3 is 10.5 Å². The SMILES string of the molecule is CCC(N)C(C)N(CC)CC1CCCO1. The second-order valence-corrected chi connectivity index (χ2v) is 4.54. The lowest BCUT2D eigenvalue weighted by Crippen LogP contribution is -2.48. The van der Waals surface area contributed by atoms with Crippen LogP contribution in [0.25, 0.3) is 0 Å². The van der Waals surface area contributed by atoms with Crippen molar-refractivity contribution in [3.63, 3.8) is 0 Å². The smallest absolute Gasteiger partial charge is 0.0702 e. The van der Waals surface area contributed by atoms with Crippen LogP contribution in [0.4, 0.5) is 0 Å². The third-order valence-electron chi connectivity index (χ3n) is 3.54. The van der Waals surface area contributed by atoms with Crippen LogP contribution in [0.1, 0.15) is 40.0 Å². The average molecular weight is 214 g/mol. The van der Waals surface area contributed by atoms with Crippen molar-refractivity contribution in [1.29, 1.82) is 0 Å². The number of hydrogen-bond acceptors (Lipinski definition) is 3. The first-order valence-corrected chi connectivity index (χ1v) is 6.30. The Hall–Kier alpha value is -0.120. The first-order valence-electron chi connectivity index (χ1n) is 6.30. The highest BCUT2D eigenvalue weighted by Gasteiger charge is 2.23. The predicted octanol–water partition coefficient (Wildman–Crippen LogP) is 1.61.